The van der Waals surface area contributed by atoms with Crippen molar-refractivity contribution in [3.8, 4) is 5.69 Å². The molecule has 0 unspecified atom stereocenters. The Hall–Kier alpha value is -2.15. The number of rotatable bonds is 5. The maximum Gasteiger partial charge on any atom is 0.237 e. The summed E-state index contributed by atoms with van der Waals surface area (Å²) < 4.78 is 7.08. The zero-order chi connectivity index (χ0) is 14.9. The highest BCUT2D eigenvalue weighted by molar-refractivity contribution is 7.98. The zero-order valence-electron chi connectivity index (χ0n) is 12.1. The number of aromatic nitrogens is 5. The van der Waals surface area contributed by atoms with Crippen LogP contribution in [-0.4, -0.2) is 24.9 Å². The molecule has 112 valence electrons. The highest BCUT2D eigenvalue weighted by atomic mass is 32.2. The first-order valence-corrected chi connectivity index (χ1v) is 8.22. The van der Waals surface area contributed by atoms with Gasteiger partial charge in [-0.1, -0.05) is 35.1 Å². The van der Waals surface area contributed by atoms with Gasteiger partial charge < -0.3 is 4.52 Å². The average Bonchev–Trinajstić information content (AvgIpc) is 3.17. The summed E-state index contributed by atoms with van der Waals surface area (Å²) in [4.78, 5) is 8.90. The minimum absolute atomic E-state index is 0.535. The lowest BCUT2D eigenvalue weighted by atomic mass is 10.3. The number of para-hydroxylation sites is 1. The SMILES string of the molecule is Cc1noc(CSc2nc(C3CC3)n(-c3ccccc3)n2)n1. The molecule has 0 spiro atoms. The van der Waals surface area contributed by atoms with E-state index in [1.54, 1.807) is 0 Å². The van der Waals surface area contributed by atoms with Gasteiger partial charge in [0.1, 0.15) is 5.82 Å². The number of hydrogen-bond acceptors (Lipinski definition) is 6. The molecule has 1 saturated carbocycles. The van der Waals surface area contributed by atoms with E-state index in [1.165, 1.54) is 24.6 Å². The van der Waals surface area contributed by atoms with Gasteiger partial charge in [0.2, 0.25) is 11.0 Å². The van der Waals surface area contributed by atoms with Crippen LogP contribution in [0.5, 0.6) is 0 Å². The zero-order valence-corrected chi connectivity index (χ0v) is 13.0. The standard InChI is InChI=1S/C15H15N5OS/c1-10-16-13(21-19-10)9-22-15-17-14(11-7-8-11)20(18-15)12-5-3-2-4-6-12/h2-6,11H,7-9H2,1H3. The molecule has 4 rings (SSSR count). The van der Waals surface area contributed by atoms with Crippen molar-refractivity contribution < 1.29 is 4.52 Å². The van der Waals surface area contributed by atoms with Gasteiger partial charge in [0.05, 0.1) is 11.4 Å². The van der Waals surface area contributed by atoms with Crippen molar-refractivity contribution in [3.63, 3.8) is 0 Å². The van der Waals surface area contributed by atoms with Crippen LogP contribution in [0.1, 0.15) is 36.3 Å². The van der Waals surface area contributed by atoms with Gasteiger partial charge in [-0.25, -0.2) is 9.67 Å². The Morgan fingerprint density at radius 2 is 2.05 bits per heavy atom. The molecular weight excluding hydrogens is 298 g/mol. The van der Waals surface area contributed by atoms with Gasteiger partial charge >= 0.3 is 0 Å². The molecular formula is C15H15N5OS. The number of aryl methyl sites for hydroxylation is 1. The van der Waals surface area contributed by atoms with E-state index in [4.69, 9.17) is 9.51 Å². The third-order valence-corrected chi connectivity index (χ3v) is 4.27. The third-order valence-electron chi connectivity index (χ3n) is 3.45. The monoisotopic (exact) mass is 313 g/mol. The van der Waals surface area contributed by atoms with E-state index in [1.807, 2.05) is 29.8 Å². The molecule has 1 fully saturated rings. The highest BCUT2D eigenvalue weighted by Gasteiger charge is 2.30. The van der Waals surface area contributed by atoms with Gasteiger partial charge in [-0.3, -0.25) is 0 Å². The Morgan fingerprint density at radius 3 is 2.73 bits per heavy atom. The molecule has 22 heavy (non-hydrogen) atoms. The molecule has 0 atom stereocenters. The predicted molar refractivity (Wildman–Crippen MR) is 81.9 cm³/mol. The second-order valence-electron chi connectivity index (χ2n) is 5.30. The van der Waals surface area contributed by atoms with Crippen LogP contribution in [0.3, 0.4) is 0 Å². The summed E-state index contributed by atoms with van der Waals surface area (Å²) in [6.07, 6.45) is 2.39. The fourth-order valence-electron chi connectivity index (χ4n) is 2.26. The summed E-state index contributed by atoms with van der Waals surface area (Å²) in [5.74, 6) is 3.43. The minimum atomic E-state index is 0.535. The van der Waals surface area contributed by atoms with Gasteiger partial charge in [-0.05, 0) is 31.9 Å². The van der Waals surface area contributed by atoms with Crippen molar-refractivity contribution in [2.24, 2.45) is 0 Å². The molecule has 0 radical (unpaired) electrons. The van der Waals surface area contributed by atoms with Gasteiger partial charge in [-0.2, -0.15) is 4.98 Å². The number of benzene rings is 1. The molecule has 0 N–H and O–H groups in total. The normalized spacial score (nSPS) is 14.4. The fraction of sp³-hybridized carbons (Fsp3) is 0.333. The Kier molecular flexibility index (Phi) is 3.42. The van der Waals surface area contributed by atoms with E-state index >= 15 is 0 Å². The van der Waals surface area contributed by atoms with Crippen LogP contribution in [0.4, 0.5) is 0 Å². The van der Waals surface area contributed by atoms with Gasteiger partial charge in [-0.15, -0.1) is 5.10 Å². The first-order chi connectivity index (χ1) is 10.8. The van der Waals surface area contributed by atoms with E-state index in [2.05, 4.69) is 27.4 Å². The Balaban J connectivity index is 1.58. The molecule has 2 aromatic heterocycles. The van der Waals surface area contributed by atoms with Gasteiger partial charge in [0.25, 0.3) is 0 Å². The first-order valence-electron chi connectivity index (χ1n) is 7.24. The summed E-state index contributed by atoms with van der Waals surface area (Å²) in [5, 5.41) is 9.19. The maximum atomic E-state index is 5.12. The summed E-state index contributed by atoms with van der Waals surface area (Å²) in [5.41, 5.74) is 1.05. The second-order valence-corrected chi connectivity index (χ2v) is 6.24. The predicted octanol–water partition coefficient (Wildman–Crippen LogP) is 3.13. The minimum Gasteiger partial charge on any atom is -0.338 e. The third kappa shape index (κ3) is 2.76. The summed E-state index contributed by atoms with van der Waals surface area (Å²) in [6.45, 7) is 1.81. The fourth-order valence-corrected chi connectivity index (χ4v) is 2.92. The van der Waals surface area contributed by atoms with Crippen molar-refractivity contribution in [2.45, 2.75) is 36.6 Å². The van der Waals surface area contributed by atoms with Crippen LogP contribution >= 0.6 is 11.8 Å². The molecule has 1 aliphatic rings. The van der Waals surface area contributed by atoms with Crippen LogP contribution in [0.25, 0.3) is 5.69 Å². The molecule has 1 aromatic carbocycles. The van der Waals surface area contributed by atoms with Crippen molar-refractivity contribution in [2.75, 3.05) is 0 Å². The smallest absolute Gasteiger partial charge is 0.237 e. The molecule has 0 saturated heterocycles. The first kappa shape index (κ1) is 13.5. The van der Waals surface area contributed by atoms with Crippen LogP contribution in [0, 0.1) is 6.92 Å². The van der Waals surface area contributed by atoms with Crippen molar-refractivity contribution in [3.05, 3.63) is 47.9 Å². The van der Waals surface area contributed by atoms with E-state index in [0.29, 0.717) is 23.4 Å². The van der Waals surface area contributed by atoms with Gasteiger partial charge in [0.15, 0.2) is 5.82 Å². The summed E-state index contributed by atoms with van der Waals surface area (Å²) >= 11 is 1.52. The summed E-state index contributed by atoms with van der Waals surface area (Å²) in [6, 6.07) is 10.1. The van der Waals surface area contributed by atoms with Crippen LogP contribution in [0.15, 0.2) is 40.0 Å². The quantitative estimate of drug-likeness (QED) is 0.674. The van der Waals surface area contributed by atoms with Crippen molar-refractivity contribution in [1.29, 1.82) is 0 Å². The van der Waals surface area contributed by atoms with E-state index in [0.717, 1.165) is 16.7 Å². The topological polar surface area (TPSA) is 69.6 Å². The Labute approximate surface area is 131 Å². The van der Waals surface area contributed by atoms with E-state index < -0.39 is 0 Å². The van der Waals surface area contributed by atoms with Crippen LogP contribution < -0.4 is 0 Å². The molecule has 1 aliphatic carbocycles. The van der Waals surface area contributed by atoms with Gasteiger partial charge in [0, 0.05) is 5.92 Å². The number of hydrogen-bond donors (Lipinski definition) is 0. The molecule has 2 heterocycles. The molecule has 0 amide bonds. The molecule has 3 aromatic rings. The van der Waals surface area contributed by atoms with Crippen molar-refractivity contribution in [1.82, 2.24) is 24.9 Å². The lowest BCUT2D eigenvalue weighted by Crippen LogP contribution is -2.01. The van der Waals surface area contributed by atoms with Crippen LogP contribution in [0.2, 0.25) is 0 Å². The maximum absolute atomic E-state index is 5.12. The largest absolute Gasteiger partial charge is 0.338 e. The van der Waals surface area contributed by atoms with E-state index in [-0.39, 0.29) is 0 Å². The highest BCUT2D eigenvalue weighted by Crippen LogP contribution is 2.40. The Morgan fingerprint density at radius 1 is 1.23 bits per heavy atom. The average molecular weight is 313 g/mol. The van der Waals surface area contributed by atoms with Crippen molar-refractivity contribution >= 4 is 11.8 Å². The van der Waals surface area contributed by atoms with Crippen LogP contribution in [-0.2, 0) is 5.75 Å². The molecule has 0 aliphatic heterocycles. The summed E-state index contributed by atoms with van der Waals surface area (Å²) in [7, 11) is 0. The second kappa shape index (κ2) is 5.57. The lowest BCUT2D eigenvalue weighted by Gasteiger charge is -2.03. The Bertz CT molecular complexity index is 778. The van der Waals surface area contributed by atoms with E-state index in [9.17, 15) is 0 Å². The molecule has 6 nitrogen and oxygen atoms in total. The molecule has 7 heteroatoms. The number of nitrogens with zero attached hydrogens (tertiary/aromatic N) is 5. The lowest BCUT2D eigenvalue weighted by molar-refractivity contribution is 0.387. The molecule has 0 bridgehead atoms. The number of thioether (sulfide) groups is 1.